The van der Waals surface area contributed by atoms with Crippen molar-refractivity contribution in [3.8, 4) is 5.75 Å². The van der Waals surface area contributed by atoms with Crippen LogP contribution in [0.25, 0.3) is 0 Å². The third-order valence-electron chi connectivity index (χ3n) is 3.03. The van der Waals surface area contributed by atoms with Crippen LogP contribution in [0.5, 0.6) is 5.75 Å². The number of aromatic hydroxyl groups is 1. The van der Waals surface area contributed by atoms with Crippen LogP contribution in [0.3, 0.4) is 0 Å². The van der Waals surface area contributed by atoms with Gasteiger partial charge in [-0.05, 0) is 29.7 Å². The Morgan fingerprint density at radius 3 is 2.26 bits per heavy atom. The Labute approximate surface area is 112 Å². The van der Waals surface area contributed by atoms with Gasteiger partial charge < -0.3 is 10.8 Å². The Morgan fingerprint density at radius 2 is 1.63 bits per heavy atom. The molecule has 98 valence electrons. The monoisotopic (exact) mass is 255 g/mol. The molecule has 0 saturated carbocycles. The summed E-state index contributed by atoms with van der Waals surface area (Å²) in [6.45, 7) is 0. The van der Waals surface area contributed by atoms with Gasteiger partial charge in [0.2, 0.25) is 0 Å². The summed E-state index contributed by atoms with van der Waals surface area (Å²) < 4.78 is 0. The maximum absolute atomic E-state index is 12.0. The summed E-state index contributed by atoms with van der Waals surface area (Å²) in [7, 11) is 0. The van der Waals surface area contributed by atoms with Crippen LogP contribution < -0.4 is 5.73 Å². The van der Waals surface area contributed by atoms with E-state index in [1.54, 1.807) is 24.3 Å². The van der Waals surface area contributed by atoms with Crippen molar-refractivity contribution in [2.24, 2.45) is 5.73 Å². The largest absolute Gasteiger partial charge is 0.508 e. The minimum atomic E-state index is -0.509. The maximum atomic E-state index is 12.0. The second-order valence-corrected chi connectivity index (χ2v) is 4.61. The van der Waals surface area contributed by atoms with E-state index < -0.39 is 6.04 Å². The van der Waals surface area contributed by atoms with Gasteiger partial charge in [-0.25, -0.2) is 0 Å². The molecule has 0 aliphatic heterocycles. The number of Topliss-reactive ketones (excluding diaryl/α,β-unsaturated/α-hetero) is 1. The molecule has 3 N–H and O–H groups in total. The predicted molar refractivity (Wildman–Crippen MR) is 74.9 cm³/mol. The fourth-order valence-electron chi connectivity index (χ4n) is 1.93. The van der Waals surface area contributed by atoms with Gasteiger partial charge in [-0.2, -0.15) is 0 Å². The van der Waals surface area contributed by atoms with E-state index in [4.69, 9.17) is 5.73 Å². The molecule has 0 fully saturated rings. The average molecular weight is 255 g/mol. The van der Waals surface area contributed by atoms with Crippen molar-refractivity contribution >= 4 is 5.78 Å². The van der Waals surface area contributed by atoms with Crippen molar-refractivity contribution in [3.05, 3.63) is 65.7 Å². The summed E-state index contributed by atoms with van der Waals surface area (Å²) in [6, 6.07) is 15.8. The predicted octanol–water partition coefficient (Wildman–Crippen LogP) is 2.07. The summed E-state index contributed by atoms with van der Waals surface area (Å²) in [5.74, 6) is 0.243. The van der Waals surface area contributed by atoms with Crippen molar-refractivity contribution < 1.29 is 9.90 Å². The zero-order valence-electron chi connectivity index (χ0n) is 10.6. The van der Waals surface area contributed by atoms with E-state index >= 15 is 0 Å². The number of ketones is 1. The molecule has 0 unspecified atom stereocenters. The molecule has 0 amide bonds. The quantitative estimate of drug-likeness (QED) is 0.859. The molecule has 3 heteroatoms. The van der Waals surface area contributed by atoms with Crippen molar-refractivity contribution in [1.82, 2.24) is 0 Å². The Morgan fingerprint density at radius 1 is 1.00 bits per heavy atom. The van der Waals surface area contributed by atoms with Gasteiger partial charge in [-0.15, -0.1) is 0 Å². The summed E-state index contributed by atoms with van der Waals surface area (Å²) in [5.41, 5.74) is 7.85. The van der Waals surface area contributed by atoms with E-state index in [0.29, 0.717) is 12.8 Å². The highest BCUT2D eigenvalue weighted by molar-refractivity contribution is 5.86. The standard InChI is InChI=1S/C16H17NO2/c17-15(10-13-6-8-14(18)9-7-13)16(19)11-12-4-2-1-3-5-12/h1-9,15,18H,10-11,17H2/t15-/m1/s1. The van der Waals surface area contributed by atoms with Crippen LogP contribution in [0.2, 0.25) is 0 Å². The van der Waals surface area contributed by atoms with Crippen molar-refractivity contribution in [2.45, 2.75) is 18.9 Å². The Balaban J connectivity index is 1.94. The zero-order chi connectivity index (χ0) is 13.7. The second-order valence-electron chi connectivity index (χ2n) is 4.61. The number of phenolic OH excluding ortho intramolecular Hbond substituents is 1. The molecular formula is C16H17NO2. The number of hydrogen-bond donors (Lipinski definition) is 2. The van der Waals surface area contributed by atoms with Gasteiger partial charge in [0.15, 0.2) is 5.78 Å². The number of phenols is 1. The van der Waals surface area contributed by atoms with E-state index in [2.05, 4.69) is 0 Å². The first-order valence-corrected chi connectivity index (χ1v) is 6.25. The molecule has 0 spiro atoms. The molecule has 2 aromatic rings. The van der Waals surface area contributed by atoms with Gasteiger partial charge in [0.1, 0.15) is 5.75 Å². The highest BCUT2D eigenvalue weighted by atomic mass is 16.3. The van der Waals surface area contributed by atoms with E-state index in [1.807, 2.05) is 30.3 Å². The molecule has 0 aromatic heterocycles. The van der Waals surface area contributed by atoms with E-state index in [9.17, 15) is 9.90 Å². The highest BCUT2D eigenvalue weighted by Crippen LogP contribution is 2.11. The average Bonchev–Trinajstić information content (AvgIpc) is 2.42. The lowest BCUT2D eigenvalue weighted by molar-refractivity contribution is -0.119. The fourth-order valence-corrected chi connectivity index (χ4v) is 1.93. The topological polar surface area (TPSA) is 63.3 Å². The summed E-state index contributed by atoms with van der Waals surface area (Å²) in [6.07, 6.45) is 0.853. The van der Waals surface area contributed by atoms with E-state index in [-0.39, 0.29) is 11.5 Å². The van der Waals surface area contributed by atoms with Gasteiger partial charge >= 0.3 is 0 Å². The summed E-state index contributed by atoms with van der Waals surface area (Å²) >= 11 is 0. The van der Waals surface area contributed by atoms with Crippen molar-refractivity contribution in [2.75, 3.05) is 0 Å². The summed E-state index contributed by atoms with van der Waals surface area (Å²) in [4.78, 5) is 12.0. The van der Waals surface area contributed by atoms with Crippen LogP contribution in [-0.4, -0.2) is 16.9 Å². The minimum absolute atomic E-state index is 0.0271. The number of nitrogens with two attached hydrogens (primary N) is 1. The van der Waals surface area contributed by atoms with E-state index in [0.717, 1.165) is 11.1 Å². The Bertz CT molecular complexity index is 534. The van der Waals surface area contributed by atoms with Crippen LogP contribution in [0.1, 0.15) is 11.1 Å². The fraction of sp³-hybridized carbons (Fsp3) is 0.188. The van der Waals surface area contributed by atoms with Crippen LogP contribution in [-0.2, 0) is 17.6 Å². The van der Waals surface area contributed by atoms with Crippen molar-refractivity contribution in [3.63, 3.8) is 0 Å². The zero-order valence-corrected chi connectivity index (χ0v) is 10.6. The molecule has 0 aliphatic carbocycles. The lowest BCUT2D eigenvalue weighted by Crippen LogP contribution is -2.33. The van der Waals surface area contributed by atoms with Gasteiger partial charge in [0.25, 0.3) is 0 Å². The maximum Gasteiger partial charge on any atom is 0.154 e. The lowest BCUT2D eigenvalue weighted by Gasteiger charge is -2.10. The number of carbonyl (C=O) groups excluding carboxylic acids is 1. The first kappa shape index (κ1) is 13.3. The number of benzene rings is 2. The SMILES string of the molecule is N[C@H](Cc1ccc(O)cc1)C(=O)Cc1ccccc1. The molecule has 2 aromatic carbocycles. The molecule has 19 heavy (non-hydrogen) atoms. The third kappa shape index (κ3) is 3.93. The normalized spacial score (nSPS) is 12.1. The lowest BCUT2D eigenvalue weighted by atomic mass is 9.98. The molecule has 0 radical (unpaired) electrons. The van der Waals surface area contributed by atoms with Gasteiger partial charge in [0, 0.05) is 6.42 Å². The Kier molecular flexibility index (Phi) is 4.31. The number of rotatable bonds is 5. The van der Waals surface area contributed by atoms with Crippen LogP contribution in [0.15, 0.2) is 54.6 Å². The van der Waals surface area contributed by atoms with Gasteiger partial charge in [-0.3, -0.25) is 4.79 Å². The first-order valence-electron chi connectivity index (χ1n) is 6.25. The minimum Gasteiger partial charge on any atom is -0.508 e. The third-order valence-corrected chi connectivity index (χ3v) is 3.03. The van der Waals surface area contributed by atoms with Crippen LogP contribution in [0.4, 0.5) is 0 Å². The molecule has 0 bridgehead atoms. The smallest absolute Gasteiger partial charge is 0.154 e. The Hall–Kier alpha value is -2.13. The van der Waals surface area contributed by atoms with Crippen molar-refractivity contribution in [1.29, 1.82) is 0 Å². The molecule has 0 aliphatic rings. The van der Waals surface area contributed by atoms with Crippen LogP contribution >= 0.6 is 0 Å². The van der Waals surface area contributed by atoms with Gasteiger partial charge in [0.05, 0.1) is 6.04 Å². The highest BCUT2D eigenvalue weighted by Gasteiger charge is 2.14. The van der Waals surface area contributed by atoms with E-state index in [1.165, 1.54) is 0 Å². The molecular weight excluding hydrogens is 238 g/mol. The molecule has 2 rings (SSSR count). The molecule has 0 saturated heterocycles. The number of hydrogen-bond acceptors (Lipinski definition) is 3. The first-order chi connectivity index (χ1) is 9.15. The molecule has 3 nitrogen and oxygen atoms in total. The summed E-state index contributed by atoms with van der Waals surface area (Å²) in [5, 5.41) is 9.20. The molecule has 0 heterocycles. The number of carbonyl (C=O) groups is 1. The van der Waals surface area contributed by atoms with Crippen LogP contribution in [0, 0.1) is 0 Å². The van der Waals surface area contributed by atoms with Gasteiger partial charge in [-0.1, -0.05) is 42.5 Å². The molecule has 1 atom stereocenters. The second kappa shape index (κ2) is 6.16.